The molecular formula is C12H24N4O2S. The average molecular weight is 288 g/mol. The zero-order valence-electron chi connectivity index (χ0n) is 12.3. The molecule has 0 amide bonds. The van der Waals surface area contributed by atoms with E-state index >= 15 is 0 Å². The van der Waals surface area contributed by atoms with Crippen LogP contribution in [0.4, 0.5) is 0 Å². The molecule has 1 heterocycles. The highest BCUT2D eigenvalue weighted by atomic mass is 32.2. The van der Waals surface area contributed by atoms with Gasteiger partial charge in [0.25, 0.3) is 10.2 Å². The van der Waals surface area contributed by atoms with Crippen molar-refractivity contribution in [2.24, 2.45) is 0 Å². The zero-order valence-corrected chi connectivity index (χ0v) is 13.1. The molecule has 1 rings (SSSR count). The summed E-state index contributed by atoms with van der Waals surface area (Å²) in [6.07, 6.45) is 0. The van der Waals surface area contributed by atoms with Crippen LogP contribution in [0.25, 0.3) is 0 Å². The largest absolute Gasteiger partial charge is 0.283 e. The van der Waals surface area contributed by atoms with E-state index in [4.69, 9.17) is 5.26 Å². The smallest absolute Gasteiger partial charge is 0.282 e. The van der Waals surface area contributed by atoms with E-state index in [1.54, 1.807) is 0 Å². The Morgan fingerprint density at radius 1 is 1.16 bits per heavy atom. The molecule has 110 valence electrons. The third kappa shape index (κ3) is 3.45. The van der Waals surface area contributed by atoms with Gasteiger partial charge in [0, 0.05) is 39.3 Å². The minimum Gasteiger partial charge on any atom is -0.283 e. The highest BCUT2D eigenvalue weighted by molar-refractivity contribution is 7.86. The molecule has 0 aromatic rings. The lowest BCUT2D eigenvalue weighted by Crippen LogP contribution is -2.57. The quantitative estimate of drug-likeness (QED) is 0.738. The van der Waals surface area contributed by atoms with Crippen molar-refractivity contribution in [3.8, 4) is 6.07 Å². The second-order valence-corrected chi connectivity index (χ2v) is 7.08. The van der Waals surface area contributed by atoms with Gasteiger partial charge in [-0.25, -0.2) is 0 Å². The van der Waals surface area contributed by atoms with Gasteiger partial charge in [-0.2, -0.15) is 22.3 Å². The molecule has 0 aromatic carbocycles. The van der Waals surface area contributed by atoms with Crippen LogP contribution in [-0.2, 0) is 10.2 Å². The molecule has 19 heavy (non-hydrogen) atoms. The van der Waals surface area contributed by atoms with Gasteiger partial charge in [-0.3, -0.25) is 4.90 Å². The fourth-order valence-electron chi connectivity index (χ4n) is 2.26. The molecule has 0 aliphatic carbocycles. The lowest BCUT2D eigenvalue weighted by atomic mass is 10.0. The van der Waals surface area contributed by atoms with Crippen LogP contribution in [0.3, 0.4) is 0 Å². The fraction of sp³-hybridized carbons (Fsp3) is 0.917. The van der Waals surface area contributed by atoms with Gasteiger partial charge < -0.3 is 0 Å². The Morgan fingerprint density at radius 2 is 1.63 bits per heavy atom. The Hall–Kier alpha value is -0.680. The summed E-state index contributed by atoms with van der Waals surface area (Å²) in [5, 5.41) is 9.10. The van der Waals surface area contributed by atoms with Crippen molar-refractivity contribution >= 4 is 10.2 Å². The number of nitriles is 1. The molecule has 6 nitrogen and oxygen atoms in total. The van der Waals surface area contributed by atoms with E-state index in [9.17, 15) is 8.42 Å². The van der Waals surface area contributed by atoms with E-state index in [1.807, 2.05) is 32.6 Å². The van der Waals surface area contributed by atoms with Crippen molar-refractivity contribution < 1.29 is 8.42 Å². The Bertz CT molecular complexity index is 429. The van der Waals surface area contributed by atoms with E-state index in [1.165, 1.54) is 8.61 Å². The topological polar surface area (TPSA) is 67.7 Å². The van der Waals surface area contributed by atoms with Gasteiger partial charge >= 0.3 is 0 Å². The van der Waals surface area contributed by atoms with E-state index in [0.29, 0.717) is 39.3 Å². The summed E-state index contributed by atoms with van der Waals surface area (Å²) in [5.41, 5.74) is -0.537. The van der Waals surface area contributed by atoms with Crippen LogP contribution in [0.1, 0.15) is 27.7 Å². The highest BCUT2D eigenvalue weighted by Gasteiger charge is 2.35. The van der Waals surface area contributed by atoms with E-state index in [0.717, 1.165) is 0 Å². The van der Waals surface area contributed by atoms with Crippen molar-refractivity contribution in [1.82, 2.24) is 13.5 Å². The SMILES string of the molecule is CCN(CC)S(=O)(=O)N1CCN(C(C)(C)C#N)CC1. The Morgan fingerprint density at radius 3 is 2.00 bits per heavy atom. The van der Waals surface area contributed by atoms with Crippen molar-refractivity contribution in [1.29, 1.82) is 5.26 Å². The van der Waals surface area contributed by atoms with Gasteiger partial charge in [0.15, 0.2) is 0 Å². The van der Waals surface area contributed by atoms with E-state index in [2.05, 4.69) is 6.07 Å². The molecule has 0 aromatic heterocycles. The first-order valence-electron chi connectivity index (χ1n) is 6.71. The molecule has 7 heteroatoms. The van der Waals surface area contributed by atoms with Gasteiger partial charge in [0.2, 0.25) is 0 Å². The maximum Gasteiger partial charge on any atom is 0.282 e. The number of rotatable bonds is 5. The second kappa shape index (κ2) is 6.18. The summed E-state index contributed by atoms with van der Waals surface area (Å²) in [6, 6.07) is 2.26. The first-order chi connectivity index (χ1) is 8.79. The predicted octanol–water partition coefficient (Wildman–Crippen LogP) is 0.493. The molecular weight excluding hydrogens is 264 g/mol. The predicted molar refractivity (Wildman–Crippen MR) is 74.7 cm³/mol. The van der Waals surface area contributed by atoms with Crippen molar-refractivity contribution in [2.75, 3.05) is 39.3 Å². The maximum atomic E-state index is 12.3. The Balaban J connectivity index is 2.72. The highest BCUT2D eigenvalue weighted by Crippen LogP contribution is 2.18. The van der Waals surface area contributed by atoms with Crippen LogP contribution in [0, 0.1) is 11.3 Å². The van der Waals surface area contributed by atoms with Crippen LogP contribution in [0.5, 0.6) is 0 Å². The van der Waals surface area contributed by atoms with Crippen LogP contribution in [-0.4, -0.2) is 66.7 Å². The molecule has 0 atom stereocenters. The van der Waals surface area contributed by atoms with Gasteiger partial charge in [0.05, 0.1) is 6.07 Å². The number of nitrogens with zero attached hydrogens (tertiary/aromatic N) is 4. The minimum absolute atomic E-state index is 0.448. The van der Waals surface area contributed by atoms with Crippen LogP contribution >= 0.6 is 0 Å². The van der Waals surface area contributed by atoms with E-state index in [-0.39, 0.29) is 0 Å². The fourth-order valence-corrected chi connectivity index (χ4v) is 3.87. The Kier molecular flexibility index (Phi) is 5.33. The first kappa shape index (κ1) is 16.4. The monoisotopic (exact) mass is 288 g/mol. The summed E-state index contributed by atoms with van der Waals surface area (Å²) in [7, 11) is -3.34. The summed E-state index contributed by atoms with van der Waals surface area (Å²) in [6.45, 7) is 10.5. The summed E-state index contributed by atoms with van der Waals surface area (Å²) >= 11 is 0. The van der Waals surface area contributed by atoms with Crippen LogP contribution in [0.2, 0.25) is 0 Å². The first-order valence-corrected chi connectivity index (χ1v) is 8.10. The van der Waals surface area contributed by atoms with Crippen molar-refractivity contribution in [2.45, 2.75) is 33.2 Å². The Labute approximate surface area is 116 Å². The van der Waals surface area contributed by atoms with E-state index < -0.39 is 15.7 Å². The molecule has 0 unspecified atom stereocenters. The molecule has 1 aliphatic rings. The van der Waals surface area contributed by atoms with Gasteiger partial charge in [-0.15, -0.1) is 0 Å². The lowest BCUT2D eigenvalue weighted by molar-refractivity contribution is 0.112. The molecule has 0 bridgehead atoms. The summed E-state index contributed by atoms with van der Waals surface area (Å²) in [5.74, 6) is 0. The lowest BCUT2D eigenvalue weighted by Gasteiger charge is -2.40. The molecule has 1 aliphatic heterocycles. The zero-order chi connectivity index (χ0) is 14.7. The summed E-state index contributed by atoms with van der Waals surface area (Å²) < 4.78 is 27.7. The molecule has 0 saturated carbocycles. The van der Waals surface area contributed by atoms with Crippen molar-refractivity contribution in [3.05, 3.63) is 0 Å². The number of hydrogen-bond donors (Lipinski definition) is 0. The normalized spacial score (nSPS) is 19.6. The summed E-state index contributed by atoms with van der Waals surface area (Å²) in [4.78, 5) is 2.03. The van der Waals surface area contributed by atoms with Gasteiger partial charge in [-0.05, 0) is 13.8 Å². The molecule has 0 N–H and O–H groups in total. The van der Waals surface area contributed by atoms with Gasteiger partial charge in [-0.1, -0.05) is 13.8 Å². The average Bonchev–Trinajstić information content (AvgIpc) is 2.40. The third-order valence-corrected chi connectivity index (χ3v) is 5.85. The minimum atomic E-state index is -3.34. The standard InChI is InChI=1S/C12H24N4O2S/c1-5-15(6-2)19(17,18)16-9-7-14(8-10-16)12(3,4)11-13/h5-10H2,1-4H3. The molecule has 1 fully saturated rings. The molecule has 0 radical (unpaired) electrons. The van der Waals surface area contributed by atoms with Crippen LogP contribution in [0.15, 0.2) is 0 Å². The molecule has 0 spiro atoms. The number of hydrogen-bond acceptors (Lipinski definition) is 4. The van der Waals surface area contributed by atoms with Crippen LogP contribution < -0.4 is 0 Å². The van der Waals surface area contributed by atoms with Gasteiger partial charge in [0.1, 0.15) is 5.54 Å². The van der Waals surface area contributed by atoms with Crippen molar-refractivity contribution in [3.63, 3.8) is 0 Å². The number of piperazine rings is 1. The molecule has 1 saturated heterocycles. The maximum absolute atomic E-state index is 12.3. The second-order valence-electron chi connectivity index (χ2n) is 5.15. The third-order valence-electron chi connectivity index (χ3n) is 3.66.